The quantitative estimate of drug-likeness (QED) is 0.275. The van der Waals surface area contributed by atoms with Crippen LogP contribution >= 0.6 is 11.8 Å². The number of thioether (sulfide) groups is 1. The zero-order valence-electron chi connectivity index (χ0n) is 21.6. The maximum Gasteiger partial charge on any atom is 0.416 e. The Kier molecular flexibility index (Phi) is 7.81. The van der Waals surface area contributed by atoms with Crippen molar-refractivity contribution in [2.75, 3.05) is 5.88 Å². The van der Waals surface area contributed by atoms with Crippen molar-refractivity contribution in [2.24, 2.45) is 0 Å². The SMILES string of the molecule is CC(C)(C)NS(=O)(=O)CN1C(=O)S/C(=C\c2ccc3c(cnn3Cc3ccc(C(F)(F)F)cc3C(F)(F)F)c2)C1=O. The summed E-state index contributed by atoms with van der Waals surface area (Å²) in [5, 5.41) is 3.73. The van der Waals surface area contributed by atoms with Crippen LogP contribution < -0.4 is 4.72 Å². The number of alkyl halides is 6. The van der Waals surface area contributed by atoms with Gasteiger partial charge in [-0.05, 0) is 74.0 Å². The van der Waals surface area contributed by atoms with Crippen LogP contribution in [0.15, 0.2) is 47.5 Å². The molecule has 41 heavy (non-hydrogen) atoms. The van der Waals surface area contributed by atoms with Crippen molar-refractivity contribution in [3.8, 4) is 0 Å². The number of fused-ring (bicyclic) bond motifs is 1. The van der Waals surface area contributed by atoms with Crippen molar-refractivity contribution < 1.29 is 44.3 Å². The first-order valence-electron chi connectivity index (χ1n) is 11.7. The van der Waals surface area contributed by atoms with Gasteiger partial charge in [-0.25, -0.2) is 13.1 Å². The average Bonchev–Trinajstić information content (AvgIpc) is 3.31. The lowest BCUT2D eigenvalue weighted by Gasteiger charge is -2.22. The van der Waals surface area contributed by atoms with Gasteiger partial charge in [0.05, 0.1) is 34.3 Å². The van der Waals surface area contributed by atoms with Crippen LogP contribution in [-0.2, 0) is 33.7 Å². The third-order valence-corrected chi connectivity index (χ3v) is 8.09. The van der Waals surface area contributed by atoms with Crippen LogP contribution in [-0.4, -0.2) is 45.7 Å². The van der Waals surface area contributed by atoms with Gasteiger partial charge in [-0.2, -0.15) is 31.4 Å². The van der Waals surface area contributed by atoms with E-state index in [0.29, 0.717) is 39.2 Å². The van der Waals surface area contributed by atoms with Crippen LogP contribution in [0.5, 0.6) is 0 Å². The molecule has 0 bridgehead atoms. The van der Waals surface area contributed by atoms with Gasteiger partial charge in [-0.3, -0.25) is 19.2 Å². The minimum Gasteiger partial charge on any atom is -0.268 e. The first kappa shape index (κ1) is 30.6. The summed E-state index contributed by atoms with van der Waals surface area (Å²) in [6.07, 6.45) is -7.28. The number of carbonyl (C=O) groups is 2. The summed E-state index contributed by atoms with van der Waals surface area (Å²) in [5.74, 6) is -1.67. The fourth-order valence-corrected chi connectivity index (χ4v) is 6.56. The number of carbonyl (C=O) groups excluding carboxylic acids is 2. The molecule has 0 aliphatic carbocycles. The monoisotopic (exact) mass is 620 g/mol. The predicted molar refractivity (Wildman–Crippen MR) is 140 cm³/mol. The number of sulfonamides is 1. The summed E-state index contributed by atoms with van der Waals surface area (Å²) in [7, 11) is -4.00. The van der Waals surface area contributed by atoms with Gasteiger partial charge in [0.25, 0.3) is 11.1 Å². The molecule has 1 fully saturated rings. The highest BCUT2D eigenvalue weighted by molar-refractivity contribution is 8.18. The van der Waals surface area contributed by atoms with E-state index in [1.54, 1.807) is 26.8 Å². The summed E-state index contributed by atoms with van der Waals surface area (Å²) < 4.78 is 108. The zero-order chi connectivity index (χ0) is 30.5. The molecule has 16 heteroatoms. The first-order chi connectivity index (χ1) is 18.7. The van der Waals surface area contributed by atoms with Gasteiger partial charge in [-0.15, -0.1) is 0 Å². The number of benzene rings is 2. The molecule has 0 unspecified atom stereocenters. The van der Waals surface area contributed by atoms with Crippen molar-refractivity contribution in [1.82, 2.24) is 19.4 Å². The van der Waals surface area contributed by atoms with Gasteiger partial charge in [0.15, 0.2) is 0 Å². The normalized spacial score (nSPS) is 16.4. The molecule has 1 aliphatic heterocycles. The maximum absolute atomic E-state index is 13.6. The standard InChI is InChI=1S/C25H22F6N4O4S2/c1-23(2,3)33-41(38,39)13-34-21(36)20(40-22(34)37)9-14-4-7-19-16(8-14)11-32-35(19)12-15-5-6-17(24(26,27)28)10-18(15)25(29,30)31/h4-11,33H,12-13H2,1-3H3/b20-9-. The number of nitrogens with one attached hydrogen (secondary N) is 1. The Hall–Kier alpha value is -3.37. The molecular weight excluding hydrogens is 598 g/mol. The third-order valence-electron chi connectivity index (χ3n) is 5.66. The molecule has 0 radical (unpaired) electrons. The van der Waals surface area contributed by atoms with Crippen LogP contribution in [0.1, 0.15) is 43.0 Å². The van der Waals surface area contributed by atoms with Gasteiger partial charge in [-0.1, -0.05) is 12.1 Å². The topological polar surface area (TPSA) is 101 Å². The molecule has 8 nitrogen and oxygen atoms in total. The number of aromatic nitrogens is 2. The van der Waals surface area contributed by atoms with E-state index < -0.39 is 68.2 Å². The van der Waals surface area contributed by atoms with Crippen LogP contribution in [0.4, 0.5) is 31.1 Å². The van der Waals surface area contributed by atoms with Gasteiger partial charge in [0.2, 0.25) is 10.0 Å². The van der Waals surface area contributed by atoms with E-state index >= 15 is 0 Å². The molecule has 0 spiro atoms. The van der Waals surface area contributed by atoms with E-state index in [9.17, 15) is 44.3 Å². The molecule has 2 heterocycles. The van der Waals surface area contributed by atoms with E-state index in [-0.39, 0.29) is 11.0 Å². The summed E-state index contributed by atoms with van der Waals surface area (Å²) in [4.78, 5) is 25.7. The highest BCUT2D eigenvalue weighted by Crippen LogP contribution is 2.38. The minimum atomic E-state index is -5.03. The van der Waals surface area contributed by atoms with Crippen molar-refractivity contribution >= 4 is 49.9 Å². The molecule has 4 rings (SSSR count). The lowest BCUT2D eigenvalue weighted by Crippen LogP contribution is -2.46. The smallest absolute Gasteiger partial charge is 0.268 e. The molecule has 220 valence electrons. The molecule has 1 N–H and O–H groups in total. The minimum absolute atomic E-state index is 0.0349. The van der Waals surface area contributed by atoms with Crippen molar-refractivity contribution in [1.29, 1.82) is 0 Å². The Morgan fingerprint density at radius 2 is 1.66 bits per heavy atom. The fourth-order valence-electron chi connectivity index (χ4n) is 4.07. The number of halogens is 6. The summed E-state index contributed by atoms with van der Waals surface area (Å²) in [6.45, 7) is 4.35. The van der Waals surface area contributed by atoms with Crippen molar-refractivity contribution in [3.63, 3.8) is 0 Å². The Bertz CT molecular complexity index is 1670. The van der Waals surface area contributed by atoms with Gasteiger partial charge >= 0.3 is 12.4 Å². The molecular formula is C25H22F6N4O4S2. The maximum atomic E-state index is 13.6. The van der Waals surface area contributed by atoms with Crippen LogP contribution in [0.2, 0.25) is 0 Å². The highest BCUT2D eigenvalue weighted by Gasteiger charge is 2.39. The molecule has 3 aromatic rings. The van der Waals surface area contributed by atoms with Crippen LogP contribution in [0.3, 0.4) is 0 Å². The molecule has 1 saturated heterocycles. The van der Waals surface area contributed by atoms with Gasteiger partial charge in [0.1, 0.15) is 5.88 Å². The second kappa shape index (κ2) is 10.5. The average molecular weight is 621 g/mol. The van der Waals surface area contributed by atoms with Crippen LogP contribution in [0, 0.1) is 0 Å². The Balaban J connectivity index is 1.58. The van der Waals surface area contributed by atoms with E-state index in [2.05, 4.69) is 9.82 Å². The predicted octanol–water partition coefficient (Wildman–Crippen LogP) is 5.83. The summed E-state index contributed by atoms with van der Waals surface area (Å²) in [6, 6.07) is 5.95. The molecule has 1 aliphatic rings. The highest BCUT2D eigenvalue weighted by atomic mass is 32.2. The molecule has 2 amide bonds. The lowest BCUT2D eigenvalue weighted by molar-refractivity contribution is -0.143. The molecule has 0 saturated carbocycles. The van der Waals surface area contributed by atoms with Crippen molar-refractivity contribution in [3.05, 3.63) is 69.8 Å². The van der Waals surface area contributed by atoms with Crippen molar-refractivity contribution in [2.45, 2.75) is 45.2 Å². The number of amides is 2. The Labute approximate surface area is 234 Å². The van der Waals surface area contributed by atoms with Gasteiger partial charge in [0, 0.05) is 10.9 Å². The van der Waals surface area contributed by atoms with E-state index in [4.69, 9.17) is 0 Å². The molecule has 1 aromatic heterocycles. The molecule has 0 atom stereocenters. The summed E-state index contributed by atoms with van der Waals surface area (Å²) >= 11 is 0.553. The Morgan fingerprint density at radius 3 is 2.27 bits per heavy atom. The first-order valence-corrected chi connectivity index (χ1v) is 14.2. The largest absolute Gasteiger partial charge is 0.416 e. The second-order valence-corrected chi connectivity index (χ2v) is 12.9. The second-order valence-electron chi connectivity index (χ2n) is 10.2. The number of hydrogen-bond acceptors (Lipinski definition) is 6. The summed E-state index contributed by atoms with van der Waals surface area (Å²) in [5.41, 5.74) is -3.30. The fraction of sp³-hybridized carbons (Fsp3) is 0.320. The van der Waals surface area contributed by atoms with E-state index in [0.717, 1.165) is 6.07 Å². The van der Waals surface area contributed by atoms with E-state index in [1.165, 1.54) is 29.1 Å². The Morgan fingerprint density at radius 1 is 0.976 bits per heavy atom. The van der Waals surface area contributed by atoms with Crippen LogP contribution in [0.25, 0.3) is 17.0 Å². The lowest BCUT2D eigenvalue weighted by atomic mass is 10.0. The van der Waals surface area contributed by atoms with Gasteiger partial charge < -0.3 is 0 Å². The number of rotatable bonds is 6. The van der Waals surface area contributed by atoms with E-state index in [1.807, 2.05) is 0 Å². The molecule has 2 aromatic carbocycles. The number of nitrogens with zero attached hydrogens (tertiary/aromatic N) is 3. The number of imide groups is 1. The third kappa shape index (κ3) is 7.11. The number of hydrogen-bond donors (Lipinski definition) is 1. The zero-order valence-corrected chi connectivity index (χ0v) is 23.2.